The monoisotopic (exact) mass is 368 g/mol. The van der Waals surface area contributed by atoms with Crippen LogP contribution in [-0.4, -0.2) is 41.0 Å². The fourth-order valence-electron chi connectivity index (χ4n) is 4.00. The summed E-state index contributed by atoms with van der Waals surface area (Å²) in [5, 5.41) is 10.8. The van der Waals surface area contributed by atoms with Gasteiger partial charge in [0.1, 0.15) is 12.7 Å². The molecule has 3 heterocycles. The fraction of sp³-hybridized carbons (Fsp3) is 0.316. The Bertz CT molecular complexity index is 902. The lowest BCUT2D eigenvalue weighted by molar-refractivity contribution is -0.384. The first kappa shape index (κ1) is 16.4. The van der Waals surface area contributed by atoms with E-state index in [1.54, 1.807) is 17.0 Å². The lowest BCUT2D eigenvalue weighted by Crippen LogP contribution is -2.59. The smallest absolute Gasteiger partial charge is 0.280 e. The number of fused-ring (bicyclic) bond motifs is 1. The molecule has 5 rings (SSSR count). The summed E-state index contributed by atoms with van der Waals surface area (Å²) in [7, 11) is 0. The molecule has 0 aromatic heterocycles. The lowest BCUT2D eigenvalue weighted by atomic mass is 9.99. The molecule has 0 N–H and O–H groups in total. The normalized spacial score (nSPS) is 31.8. The van der Waals surface area contributed by atoms with Crippen LogP contribution in [0.4, 0.5) is 5.69 Å². The average Bonchev–Trinajstić information content (AvgIpc) is 3.21. The zero-order valence-corrected chi connectivity index (χ0v) is 14.2. The number of carbonyl (C=O) groups excluding carboxylic acids is 1. The van der Waals surface area contributed by atoms with Crippen LogP contribution in [0.3, 0.4) is 0 Å². The molecule has 0 radical (unpaired) electrons. The highest BCUT2D eigenvalue weighted by Crippen LogP contribution is 2.52. The third-order valence-corrected chi connectivity index (χ3v) is 5.23. The molecule has 27 heavy (non-hydrogen) atoms. The Labute approximate surface area is 154 Å². The third kappa shape index (κ3) is 2.38. The molecule has 8 nitrogen and oxygen atoms in total. The SMILES string of the molecule is O=C1[C@H]2O[C@@]3(COC[C@H](c4ccccc4)N13)O[C@@H]2c1ccc([N+](=O)[O-])cc1. The van der Waals surface area contributed by atoms with Gasteiger partial charge in [0.15, 0.2) is 6.10 Å². The van der Waals surface area contributed by atoms with Gasteiger partial charge in [-0.2, -0.15) is 0 Å². The van der Waals surface area contributed by atoms with Crippen molar-refractivity contribution in [2.45, 2.75) is 24.2 Å². The van der Waals surface area contributed by atoms with E-state index in [2.05, 4.69) is 0 Å². The topological polar surface area (TPSA) is 91.1 Å². The van der Waals surface area contributed by atoms with Gasteiger partial charge in [-0.15, -0.1) is 0 Å². The number of hydrogen-bond acceptors (Lipinski definition) is 6. The molecule has 2 aromatic carbocycles. The number of benzene rings is 2. The molecule has 0 saturated carbocycles. The van der Waals surface area contributed by atoms with E-state index in [9.17, 15) is 14.9 Å². The molecular formula is C19H16N2O6. The Morgan fingerprint density at radius 1 is 1.00 bits per heavy atom. The first-order valence-electron chi connectivity index (χ1n) is 8.65. The van der Waals surface area contributed by atoms with Crippen LogP contribution in [0.5, 0.6) is 0 Å². The van der Waals surface area contributed by atoms with Gasteiger partial charge >= 0.3 is 0 Å². The van der Waals surface area contributed by atoms with Crippen molar-refractivity contribution in [2.24, 2.45) is 0 Å². The average molecular weight is 368 g/mol. The summed E-state index contributed by atoms with van der Waals surface area (Å²) in [6.45, 7) is 0.501. The Kier molecular flexibility index (Phi) is 3.55. The van der Waals surface area contributed by atoms with E-state index >= 15 is 0 Å². The summed E-state index contributed by atoms with van der Waals surface area (Å²) >= 11 is 0. The molecule has 2 bridgehead atoms. The minimum Gasteiger partial charge on any atom is -0.371 e. The van der Waals surface area contributed by atoms with Gasteiger partial charge in [0, 0.05) is 12.1 Å². The molecule has 1 spiro atoms. The van der Waals surface area contributed by atoms with E-state index in [-0.39, 0.29) is 24.2 Å². The van der Waals surface area contributed by atoms with Gasteiger partial charge < -0.3 is 14.2 Å². The summed E-state index contributed by atoms with van der Waals surface area (Å²) in [5.74, 6) is -1.41. The van der Waals surface area contributed by atoms with Crippen molar-refractivity contribution < 1.29 is 23.9 Å². The first-order valence-corrected chi connectivity index (χ1v) is 8.65. The molecule has 1 amide bonds. The molecule has 3 fully saturated rings. The van der Waals surface area contributed by atoms with Gasteiger partial charge in [-0.25, -0.2) is 0 Å². The summed E-state index contributed by atoms with van der Waals surface area (Å²) < 4.78 is 17.8. The Morgan fingerprint density at radius 2 is 1.70 bits per heavy atom. The van der Waals surface area contributed by atoms with Crippen molar-refractivity contribution in [2.75, 3.05) is 13.2 Å². The summed E-state index contributed by atoms with van der Waals surface area (Å²) in [6.07, 6.45) is -1.41. The Morgan fingerprint density at radius 3 is 2.41 bits per heavy atom. The molecule has 3 aliphatic rings. The predicted octanol–water partition coefficient (Wildman–Crippen LogP) is 2.32. The van der Waals surface area contributed by atoms with Crippen LogP contribution in [0.2, 0.25) is 0 Å². The quantitative estimate of drug-likeness (QED) is 0.610. The van der Waals surface area contributed by atoms with Crippen LogP contribution < -0.4 is 0 Å². The Balaban J connectivity index is 1.46. The molecule has 138 valence electrons. The second kappa shape index (κ2) is 5.85. The van der Waals surface area contributed by atoms with Gasteiger partial charge in [-0.05, 0) is 23.3 Å². The molecule has 2 aromatic rings. The predicted molar refractivity (Wildman–Crippen MR) is 91.4 cm³/mol. The van der Waals surface area contributed by atoms with E-state index in [1.165, 1.54) is 12.1 Å². The van der Waals surface area contributed by atoms with Crippen molar-refractivity contribution in [3.8, 4) is 0 Å². The molecule has 3 aliphatic heterocycles. The summed E-state index contributed by atoms with van der Waals surface area (Å²) in [5.41, 5.74) is 1.60. The van der Waals surface area contributed by atoms with E-state index in [0.717, 1.165) is 5.56 Å². The number of rotatable bonds is 3. The van der Waals surface area contributed by atoms with Crippen LogP contribution in [0.1, 0.15) is 23.3 Å². The number of nitro groups is 1. The standard InChI is InChI=1S/C19H16N2O6/c22-18-17-16(13-6-8-14(9-7-13)21(23)24)26-19(27-17)11-25-10-15(20(18)19)12-4-2-1-3-5-12/h1-9,15-17H,10-11H2/t15-,16-,17+,19-/m1/s1. The maximum absolute atomic E-state index is 13.1. The number of carbonyl (C=O) groups is 1. The first-order chi connectivity index (χ1) is 13.1. The number of nitro benzene ring substituents is 1. The number of morpholine rings is 1. The van der Waals surface area contributed by atoms with Crippen LogP contribution in [0.15, 0.2) is 54.6 Å². The van der Waals surface area contributed by atoms with Gasteiger partial charge in [-0.3, -0.25) is 19.8 Å². The van der Waals surface area contributed by atoms with Gasteiger partial charge in [-0.1, -0.05) is 30.3 Å². The number of ether oxygens (including phenoxy) is 3. The number of nitrogens with zero attached hydrogens (tertiary/aromatic N) is 2. The van der Waals surface area contributed by atoms with E-state index in [4.69, 9.17) is 14.2 Å². The molecule has 0 unspecified atom stereocenters. The van der Waals surface area contributed by atoms with Crippen LogP contribution >= 0.6 is 0 Å². The van der Waals surface area contributed by atoms with E-state index in [1.807, 2.05) is 30.3 Å². The Hall–Kier alpha value is -2.81. The zero-order valence-electron chi connectivity index (χ0n) is 14.2. The maximum atomic E-state index is 13.1. The van der Waals surface area contributed by atoms with Crippen LogP contribution in [0, 0.1) is 10.1 Å². The molecular weight excluding hydrogens is 352 g/mol. The largest absolute Gasteiger partial charge is 0.371 e. The number of amides is 1. The molecule has 4 atom stereocenters. The second-order valence-electron chi connectivity index (χ2n) is 6.79. The lowest BCUT2D eigenvalue weighted by Gasteiger charge is -2.45. The number of hydrogen-bond donors (Lipinski definition) is 0. The minimum atomic E-state index is -1.26. The summed E-state index contributed by atoms with van der Waals surface area (Å²) in [6, 6.07) is 15.3. The fourth-order valence-corrected chi connectivity index (χ4v) is 4.00. The van der Waals surface area contributed by atoms with Gasteiger partial charge in [0.2, 0.25) is 0 Å². The highest BCUT2D eigenvalue weighted by molar-refractivity contribution is 5.85. The van der Waals surface area contributed by atoms with Crippen LogP contribution in [0.25, 0.3) is 0 Å². The van der Waals surface area contributed by atoms with Crippen LogP contribution in [-0.2, 0) is 19.0 Å². The molecule has 0 aliphatic carbocycles. The number of non-ortho nitro benzene ring substituents is 1. The van der Waals surface area contributed by atoms with Crippen molar-refractivity contribution >= 4 is 11.6 Å². The van der Waals surface area contributed by atoms with E-state index < -0.39 is 23.0 Å². The van der Waals surface area contributed by atoms with Gasteiger partial charge in [0.05, 0.1) is 17.6 Å². The minimum absolute atomic E-state index is 0.0147. The third-order valence-electron chi connectivity index (χ3n) is 5.23. The summed E-state index contributed by atoms with van der Waals surface area (Å²) in [4.78, 5) is 25.1. The van der Waals surface area contributed by atoms with Crippen molar-refractivity contribution in [1.82, 2.24) is 4.90 Å². The van der Waals surface area contributed by atoms with Crippen molar-refractivity contribution in [3.05, 3.63) is 75.8 Å². The van der Waals surface area contributed by atoms with Gasteiger partial charge in [0.25, 0.3) is 17.5 Å². The molecule has 3 saturated heterocycles. The zero-order chi connectivity index (χ0) is 18.6. The highest BCUT2D eigenvalue weighted by Gasteiger charge is 2.67. The van der Waals surface area contributed by atoms with E-state index in [0.29, 0.717) is 12.2 Å². The van der Waals surface area contributed by atoms with Crippen molar-refractivity contribution in [1.29, 1.82) is 0 Å². The second-order valence-corrected chi connectivity index (χ2v) is 6.79. The highest BCUT2D eigenvalue weighted by atomic mass is 16.8. The maximum Gasteiger partial charge on any atom is 0.280 e. The molecule has 8 heteroatoms. The van der Waals surface area contributed by atoms with Crippen molar-refractivity contribution in [3.63, 3.8) is 0 Å².